The summed E-state index contributed by atoms with van der Waals surface area (Å²) in [5, 5.41) is 8.10. The van der Waals surface area contributed by atoms with Crippen molar-refractivity contribution in [2.75, 3.05) is 20.2 Å². The Kier molecular flexibility index (Phi) is 5.94. The summed E-state index contributed by atoms with van der Waals surface area (Å²) in [6.07, 6.45) is 3.20. The van der Waals surface area contributed by atoms with Gasteiger partial charge in [-0.05, 0) is 54.3 Å². The van der Waals surface area contributed by atoms with Crippen molar-refractivity contribution < 1.29 is 14.1 Å². The maximum Gasteiger partial charge on any atom is 0.227 e. The van der Waals surface area contributed by atoms with Crippen molar-refractivity contribution in [3.63, 3.8) is 0 Å². The second kappa shape index (κ2) is 8.78. The zero-order valence-electron chi connectivity index (χ0n) is 16.8. The lowest BCUT2D eigenvalue weighted by Gasteiger charge is -2.32. The van der Waals surface area contributed by atoms with E-state index in [2.05, 4.69) is 10.1 Å². The number of piperidine rings is 1. The van der Waals surface area contributed by atoms with E-state index in [1.807, 2.05) is 46.8 Å². The highest BCUT2D eigenvalue weighted by Gasteiger charge is 2.25. The first-order chi connectivity index (χ1) is 14.1. The van der Waals surface area contributed by atoms with Crippen molar-refractivity contribution >= 4 is 17.2 Å². The summed E-state index contributed by atoms with van der Waals surface area (Å²) in [4.78, 5) is 19.3. The number of methoxy groups -OCH3 is 1. The molecule has 4 rings (SSSR count). The van der Waals surface area contributed by atoms with Crippen LogP contribution < -0.4 is 4.74 Å². The highest BCUT2D eigenvalue weighted by molar-refractivity contribution is 7.08. The van der Waals surface area contributed by atoms with Crippen LogP contribution in [0, 0.1) is 12.8 Å². The molecule has 7 heteroatoms. The van der Waals surface area contributed by atoms with Crippen LogP contribution in [0.1, 0.15) is 29.9 Å². The molecule has 6 nitrogen and oxygen atoms in total. The van der Waals surface area contributed by atoms with E-state index in [-0.39, 0.29) is 5.91 Å². The highest BCUT2D eigenvalue weighted by Crippen LogP contribution is 2.24. The molecule has 1 aliphatic rings. The van der Waals surface area contributed by atoms with Gasteiger partial charge in [0, 0.05) is 30.5 Å². The van der Waals surface area contributed by atoms with Gasteiger partial charge in [0.2, 0.25) is 17.6 Å². The smallest absolute Gasteiger partial charge is 0.227 e. The van der Waals surface area contributed by atoms with E-state index in [0.717, 1.165) is 48.4 Å². The van der Waals surface area contributed by atoms with Gasteiger partial charge < -0.3 is 14.2 Å². The number of ether oxygens (including phenoxy) is 1. The zero-order valence-corrected chi connectivity index (χ0v) is 17.6. The summed E-state index contributed by atoms with van der Waals surface area (Å²) >= 11 is 1.61. The standard InChI is InChI=1S/C22H25N3O3S/c1-15-10-16(5-6-19(15)27-2)12-21(26)25-8-3-4-17(13-25)11-20-23-22(24-28-20)18-7-9-29-14-18/h5-7,9-10,14,17H,3-4,8,11-13H2,1-2H3. The van der Waals surface area contributed by atoms with E-state index in [1.165, 1.54) is 0 Å². The van der Waals surface area contributed by atoms with Gasteiger partial charge in [-0.15, -0.1) is 0 Å². The van der Waals surface area contributed by atoms with Gasteiger partial charge >= 0.3 is 0 Å². The van der Waals surface area contributed by atoms with Crippen molar-refractivity contribution in [1.29, 1.82) is 0 Å². The molecule has 0 N–H and O–H groups in total. The molecular formula is C22H25N3O3S. The molecule has 1 atom stereocenters. The summed E-state index contributed by atoms with van der Waals surface area (Å²) in [5.41, 5.74) is 3.06. The van der Waals surface area contributed by atoms with Crippen molar-refractivity contribution in [2.45, 2.75) is 32.6 Å². The normalized spacial score (nSPS) is 16.8. The van der Waals surface area contributed by atoms with Crippen LogP contribution in [0.15, 0.2) is 39.5 Å². The molecule has 1 amide bonds. The molecule has 0 aliphatic carbocycles. The lowest BCUT2D eigenvalue weighted by Crippen LogP contribution is -2.41. The van der Waals surface area contributed by atoms with E-state index >= 15 is 0 Å². The Morgan fingerprint density at radius 2 is 2.28 bits per heavy atom. The third kappa shape index (κ3) is 4.67. The Labute approximate surface area is 174 Å². The second-order valence-electron chi connectivity index (χ2n) is 7.56. The van der Waals surface area contributed by atoms with Gasteiger partial charge in [-0.3, -0.25) is 4.79 Å². The summed E-state index contributed by atoms with van der Waals surface area (Å²) < 4.78 is 10.7. The van der Waals surface area contributed by atoms with Crippen LogP contribution in [-0.2, 0) is 17.6 Å². The molecule has 0 radical (unpaired) electrons. The van der Waals surface area contributed by atoms with Gasteiger partial charge in [-0.25, -0.2) is 0 Å². The largest absolute Gasteiger partial charge is 0.496 e. The van der Waals surface area contributed by atoms with Gasteiger partial charge in [0.05, 0.1) is 13.5 Å². The van der Waals surface area contributed by atoms with E-state index in [4.69, 9.17) is 9.26 Å². The highest BCUT2D eigenvalue weighted by atomic mass is 32.1. The average molecular weight is 412 g/mol. The van der Waals surface area contributed by atoms with Gasteiger partial charge in [0.15, 0.2) is 0 Å². The van der Waals surface area contributed by atoms with Gasteiger partial charge in [0.1, 0.15) is 5.75 Å². The fraction of sp³-hybridized carbons (Fsp3) is 0.409. The molecule has 1 unspecified atom stereocenters. The fourth-order valence-corrected chi connectivity index (χ4v) is 4.52. The predicted octanol–water partition coefficient (Wildman–Crippen LogP) is 4.14. The summed E-state index contributed by atoms with van der Waals surface area (Å²) in [7, 11) is 1.66. The fourth-order valence-electron chi connectivity index (χ4n) is 3.89. The minimum atomic E-state index is 0.170. The number of nitrogens with zero attached hydrogens (tertiary/aromatic N) is 3. The molecule has 29 heavy (non-hydrogen) atoms. The molecule has 2 aromatic heterocycles. The molecule has 1 aliphatic heterocycles. The van der Waals surface area contributed by atoms with E-state index < -0.39 is 0 Å². The number of likely N-dealkylation sites (tertiary alicyclic amines) is 1. The van der Waals surface area contributed by atoms with Crippen molar-refractivity contribution in [3.8, 4) is 17.1 Å². The number of amides is 1. The topological polar surface area (TPSA) is 68.5 Å². The minimum absolute atomic E-state index is 0.170. The Balaban J connectivity index is 1.35. The first-order valence-corrected chi connectivity index (χ1v) is 10.8. The lowest BCUT2D eigenvalue weighted by atomic mass is 9.94. The number of thiophene rings is 1. The SMILES string of the molecule is COc1ccc(CC(=O)N2CCCC(Cc3nc(-c4ccsc4)no3)C2)cc1C. The van der Waals surface area contributed by atoms with Crippen molar-refractivity contribution in [2.24, 2.45) is 5.92 Å². The summed E-state index contributed by atoms with van der Waals surface area (Å²) in [6.45, 7) is 3.55. The van der Waals surface area contributed by atoms with E-state index in [1.54, 1.807) is 18.4 Å². The first-order valence-electron chi connectivity index (χ1n) is 9.89. The third-order valence-corrected chi connectivity index (χ3v) is 6.08. The van der Waals surface area contributed by atoms with Gasteiger partial charge in [-0.1, -0.05) is 17.3 Å². The van der Waals surface area contributed by atoms with E-state index in [0.29, 0.717) is 30.5 Å². The summed E-state index contributed by atoms with van der Waals surface area (Å²) in [6, 6.07) is 7.91. The quantitative estimate of drug-likeness (QED) is 0.610. The number of carbonyl (C=O) groups excluding carboxylic acids is 1. The lowest BCUT2D eigenvalue weighted by molar-refractivity contribution is -0.132. The van der Waals surface area contributed by atoms with E-state index in [9.17, 15) is 4.79 Å². The van der Waals surface area contributed by atoms with Crippen LogP contribution in [0.3, 0.4) is 0 Å². The molecule has 1 fully saturated rings. The maximum atomic E-state index is 12.8. The predicted molar refractivity (Wildman–Crippen MR) is 112 cm³/mol. The number of rotatable bonds is 6. The Morgan fingerprint density at radius 1 is 1.38 bits per heavy atom. The number of benzene rings is 1. The van der Waals surface area contributed by atoms with Gasteiger partial charge in [-0.2, -0.15) is 16.3 Å². The zero-order chi connectivity index (χ0) is 20.2. The molecule has 1 aromatic carbocycles. The Morgan fingerprint density at radius 3 is 3.03 bits per heavy atom. The number of carbonyl (C=O) groups is 1. The molecule has 3 aromatic rings. The molecule has 0 bridgehead atoms. The number of aryl methyl sites for hydroxylation is 1. The number of aromatic nitrogens is 2. The van der Waals surface area contributed by atoms with Crippen LogP contribution in [0.2, 0.25) is 0 Å². The first kappa shape index (κ1) is 19.6. The number of hydrogen-bond donors (Lipinski definition) is 0. The summed E-state index contributed by atoms with van der Waals surface area (Å²) in [5.74, 6) is 2.65. The minimum Gasteiger partial charge on any atom is -0.496 e. The second-order valence-corrected chi connectivity index (χ2v) is 8.34. The third-order valence-electron chi connectivity index (χ3n) is 5.40. The van der Waals surface area contributed by atoms with Crippen molar-refractivity contribution in [3.05, 3.63) is 52.0 Å². The molecular weight excluding hydrogens is 386 g/mol. The maximum absolute atomic E-state index is 12.8. The van der Waals surface area contributed by atoms with Crippen LogP contribution in [0.4, 0.5) is 0 Å². The Hall–Kier alpha value is -2.67. The molecule has 152 valence electrons. The molecule has 1 saturated heterocycles. The van der Waals surface area contributed by atoms with Crippen LogP contribution in [-0.4, -0.2) is 41.1 Å². The van der Waals surface area contributed by atoms with Crippen molar-refractivity contribution in [1.82, 2.24) is 15.0 Å². The average Bonchev–Trinajstić information content (AvgIpc) is 3.40. The van der Waals surface area contributed by atoms with Crippen LogP contribution in [0.5, 0.6) is 5.75 Å². The molecule has 0 saturated carbocycles. The molecule has 0 spiro atoms. The van der Waals surface area contributed by atoms with Crippen LogP contribution >= 0.6 is 11.3 Å². The Bertz CT molecular complexity index is 968. The number of hydrogen-bond acceptors (Lipinski definition) is 6. The molecule has 3 heterocycles. The monoisotopic (exact) mass is 411 g/mol. The van der Waals surface area contributed by atoms with Crippen LogP contribution in [0.25, 0.3) is 11.4 Å². The van der Waals surface area contributed by atoms with Gasteiger partial charge in [0.25, 0.3) is 0 Å².